The lowest BCUT2D eigenvalue weighted by Crippen LogP contribution is -2.44. The molecule has 1 aromatic rings. The second kappa shape index (κ2) is 6.62. The number of benzene rings is 1. The number of carbonyl (C=O) groups excluding carboxylic acids is 1. The number of rotatable bonds is 5. The van der Waals surface area contributed by atoms with Crippen LogP contribution in [0.15, 0.2) is 24.3 Å². The largest absolute Gasteiger partial charge is 0.351 e. The van der Waals surface area contributed by atoms with E-state index < -0.39 is 6.04 Å². The summed E-state index contributed by atoms with van der Waals surface area (Å²) < 4.78 is 0. The number of hydrogen-bond acceptors (Lipinski definition) is 2. The van der Waals surface area contributed by atoms with E-state index in [-0.39, 0.29) is 11.8 Å². The fourth-order valence-corrected chi connectivity index (χ4v) is 1.68. The van der Waals surface area contributed by atoms with Gasteiger partial charge in [0.2, 0.25) is 5.91 Å². The highest BCUT2D eigenvalue weighted by Crippen LogP contribution is 2.10. The standard InChI is InChI=1S/C13H19ClN2O/c1-3-9(2)12(15)13(17)16-8-10-5-4-6-11(14)7-10/h4-7,9,12H,3,8,15H2,1-2H3,(H,16,17)/t9?,12-/m0/s1. The summed E-state index contributed by atoms with van der Waals surface area (Å²) in [5, 5.41) is 3.49. The molecule has 0 heterocycles. The summed E-state index contributed by atoms with van der Waals surface area (Å²) in [6.45, 7) is 4.46. The molecule has 17 heavy (non-hydrogen) atoms. The molecule has 0 aliphatic carbocycles. The molecule has 0 spiro atoms. The summed E-state index contributed by atoms with van der Waals surface area (Å²) in [7, 11) is 0. The first-order valence-corrected chi connectivity index (χ1v) is 6.20. The Hall–Kier alpha value is -1.06. The number of amides is 1. The topological polar surface area (TPSA) is 55.1 Å². The van der Waals surface area contributed by atoms with Gasteiger partial charge in [0.25, 0.3) is 0 Å². The van der Waals surface area contributed by atoms with Crippen molar-refractivity contribution in [3.63, 3.8) is 0 Å². The molecule has 0 saturated carbocycles. The Bertz CT molecular complexity index is 381. The molecule has 3 N–H and O–H groups in total. The molecule has 3 nitrogen and oxygen atoms in total. The number of hydrogen-bond donors (Lipinski definition) is 2. The van der Waals surface area contributed by atoms with Crippen molar-refractivity contribution < 1.29 is 4.79 Å². The van der Waals surface area contributed by atoms with E-state index in [2.05, 4.69) is 5.32 Å². The Morgan fingerprint density at radius 3 is 2.82 bits per heavy atom. The van der Waals surface area contributed by atoms with E-state index in [0.717, 1.165) is 12.0 Å². The molecule has 1 unspecified atom stereocenters. The maximum absolute atomic E-state index is 11.7. The molecule has 1 rings (SSSR count). The van der Waals surface area contributed by atoms with Crippen LogP contribution in [0.2, 0.25) is 5.02 Å². The van der Waals surface area contributed by atoms with Gasteiger partial charge < -0.3 is 11.1 Å². The molecule has 0 saturated heterocycles. The lowest BCUT2D eigenvalue weighted by Gasteiger charge is -2.17. The Balaban J connectivity index is 2.48. The molecular weight excluding hydrogens is 236 g/mol. The summed E-state index contributed by atoms with van der Waals surface area (Å²) in [4.78, 5) is 11.7. The van der Waals surface area contributed by atoms with Gasteiger partial charge in [0, 0.05) is 11.6 Å². The minimum absolute atomic E-state index is 0.112. The Labute approximate surface area is 107 Å². The quantitative estimate of drug-likeness (QED) is 0.847. The van der Waals surface area contributed by atoms with Crippen LogP contribution in [0.4, 0.5) is 0 Å². The van der Waals surface area contributed by atoms with Crippen molar-refractivity contribution in [2.24, 2.45) is 11.7 Å². The van der Waals surface area contributed by atoms with E-state index in [0.29, 0.717) is 11.6 Å². The first kappa shape index (κ1) is 14.0. The first-order chi connectivity index (χ1) is 8.04. The van der Waals surface area contributed by atoms with Gasteiger partial charge in [-0.15, -0.1) is 0 Å². The summed E-state index contributed by atoms with van der Waals surface area (Å²) in [6.07, 6.45) is 0.895. The van der Waals surface area contributed by atoms with Crippen molar-refractivity contribution >= 4 is 17.5 Å². The van der Waals surface area contributed by atoms with Crippen molar-refractivity contribution in [2.75, 3.05) is 0 Å². The molecule has 1 amide bonds. The van der Waals surface area contributed by atoms with E-state index in [1.807, 2.05) is 32.0 Å². The fraction of sp³-hybridized carbons (Fsp3) is 0.462. The van der Waals surface area contributed by atoms with E-state index in [9.17, 15) is 4.79 Å². The van der Waals surface area contributed by atoms with Crippen LogP contribution in [-0.2, 0) is 11.3 Å². The van der Waals surface area contributed by atoms with Crippen LogP contribution in [0.5, 0.6) is 0 Å². The minimum atomic E-state index is -0.445. The van der Waals surface area contributed by atoms with Crippen molar-refractivity contribution in [2.45, 2.75) is 32.9 Å². The third kappa shape index (κ3) is 4.36. The maximum Gasteiger partial charge on any atom is 0.237 e. The van der Waals surface area contributed by atoms with Crippen LogP contribution in [0.3, 0.4) is 0 Å². The zero-order chi connectivity index (χ0) is 12.8. The van der Waals surface area contributed by atoms with E-state index in [4.69, 9.17) is 17.3 Å². The molecule has 0 aliphatic rings. The van der Waals surface area contributed by atoms with Gasteiger partial charge in [-0.3, -0.25) is 4.79 Å². The fourth-order valence-electron chi connectivity index (χ4n) is 1.47. The summed E-state index contributed by atoms with van der Waals surface area (Å²) in [5.74, 6) is 0.0775. The second-order valence-corrected chi connectivity index (χ2v) is 4.70. The third-order valence-corrected chi connectivity index (χ3v) is 3.15. The van der Waals surface area contributed by atoms with Gasteiger partial charge in [0.15, 0.2) is 0 Å². The molecule has 0 fully saturated rings. The Morgan fingerprint density at radius 1 is 1.53 bits per heavy atom. The van der Waals surface area contributed by atoms with Gasteiger partial charge in [-0.05, 0) is 23.6 Å². The zero-order valence-electron chi connectivity index (χ0n) is 10.2. The molecule has 0 aromatic heterocycles. The molecule has 0 radical (unpaired) electrons. The number of halogens is 1. The van der Waals surface area contributed by atoms with Gasteiger partial charge in [0.1, 0.15) is 0 Å². The first-order valence-electron chi connectivity index (χ1n) is 5.82. The third-order valence-electron chi connectivity index (χ3n) is 2.92. The van der Waals surface area contributed by atoms with Crippen LogP contribution in [-0.4, -0.2) is 11.9 Å². The van der Waals surface area contributed by atoms with Gasteiger partial charge in [-0.2, -0.15) is 0 Å². The number of nitrogens with two attached hydrogens (primary N) is 1. The molecule has 0 bridgehead atoms. The maximum atomic E-state index is 11.7. The van der Waals surface area contributed by atoms with E-state index in [1.54, 1.807) is 6.07 Å². The lowest BCUT2D eigenvalue weighted by atomic mass is 9.99. The molecule has 0 aliphatic heterocycles. The molecule has 4 heteroatoms. The van der Waals surface area contributed by atoms with Gasteiger partial charge in [-0.1, -0.05) is 44.0 Å². The summed E-state index contributed by atoms with van der Waals surface area (Å²) >= 11 is 5.86. The minimum Gasteiger partial charge on any atom is -0.351 e. The summed E-state index contributed by atoms with van der Waals surface area (Å²) in [6, 6.07) is 6.97. The van der Waals surface area contributed by atoms with Crippen molar-refractivity contribution in [1.29, 1.82) is 0 Å². The summed E-state index contributed by atoms with van der Waals surface area (Å²) in [5.41, 5.74) is 6.80. The Kier molecular flexibility index (Phi) is 5.45. The van der Waals surface area contributed by atoms with Crippen molar-refractivity contribution in [3.05, 3.63) is 34.9 Å². The number of carbonyl (C=O) groups is 1. The highest BCUT2D eigenvalue weighted by molar-refractivity contribution is 6.30. The van der Waals surface area contributed by atoms with Gasteiger partial charge >= 0.3 is 0 Å². The smallest absolute Gasteiger partial charge is 0.237 e. The SMILES string of the molecule is CCC(C)[C@H](N)C(=O)NCc1cccc(Cl)c1. The van der Waals surface area contributed by atoms with Crippen LogP contribution < -0.4 is 11.1 Å². The predicted molar refractivity (Wildman–Crippen MR) is 70.7 cm³/mol. The monoisotopic (exact) mass is 254 g/mol. The molecule has 94 valence electrons. The van der Waals surface area contributed by atoms with E-state index >= 15 is 0 Å². The lowest BCUT2D eigenvalue weighted by molar-refractivity contribution is -0.123. The molecule has 1 aromatic carbocycles. The van der Waals surface area contributed by atoms with Crippen LogP contribution in [0, 0.1) is 5.92 Å². The highest BCUT2D eigenvalue weighted by Gasteiger charge is 2.18. The van der Waals surface area contributed by atoms with Crippen molar-refractivity contribution in [3.8, 4) is 0 Å². The van der Waals surface area contributed by atoms with E-state index in [1.165, 1.54) is 0 Å². The van der Waals surface area contributed by atoms with Gasteiger partial charge in [0.05, 0.1) is 6.04 Å². The highest BCUT2D eigenvalue weighted by atomic mass is 35.5. The van der Waals surface area contributed by atoms with Crippen LogP contribution in [0.25, 0.3) is 0 Å². The van der Waals surface area contributed by atoms with Gasteiger partial charge in [-0.25, -0.2) is 0 Å². The Morgan fingerprint density at radius 2 is 2.24 bits per heavy atom. The predicted octanol–water partition coefficient (Wildman–Crippen LogP) is 2.33. The van der Waals surface area contributed by atoms with Crippen LogP contribution >= 0.6 is 11.6 Å². The zero-order valence-corrected chi connectivity index (χ0v) is 11.0. The van der Waals surface area contributed by atoms with Crippen LogP contribution in [0.1, 0.15) is 25.8 Å². The van der Waals surface area contributed by atoms with Crippen molar-refractivity contribution in [1.82, 2.24) is 5.32 Å². The molecule has 2 atom stereocenters. The average molecular weight is 255 g/mol. The average Bonchev–Trinajstić information content (AvgIpc) is 2.34. The normalized spacial score (nSPS) is 14.1. The number of nitrogens with one attached hydrogen (secondary N) is 1. The molecular formula is C13H19ClN2O. The second-order valence-electron chi connectivity index (χ2n) is 4.26.